The van der Waals surface area contributed by atoms with Crippen molar-refractivity contribution < 1.29 is 24.5 Å². The number of ether oxygens (including phenoxy) is 1. The van der Waals surface area contributed by atoms with E-state index in [9.17, 15) is 19.8 Å². The lowest BCUT2D eigenvalue weighted by molar-refractivity contribution is -0.144. The van der Waals surface area contributed by atoms with Gasteiger partial charge in [-0.15, -0.1) is 0 Å². The van der Waals surface area contributed by atoms with Crippen molar-refractivity contribution in [3.05, 3.63) is 11.6 Å². The normalized spacial score (nSPS) is 30.1. The molecule has 3 atom stereocenters. The van der Waals surface area contributed by atoms with E-state index in [0.717, 1.165) is 18.4 Å². The number of nitrogens with one attached hydrogen (secondary N) is 1. The van der Waals surface area contributed by atoms with Crippen LogP contribution < -0.4 is 5.32 Å². The molecule has 2 aliphatic carbocycles. The number of alkyl carbamates (subject to hydrolysis) is 1. The number of carbonyl (C=O) groups excluding carboxylic acids is 1. The highest BCUT2D eigenvalue weighted by Gasteiger charge is 2.55. The van der Waals surface area contributed by atoms with Crippen molar-refractivity contribution in [2.24, 2.45) is 17.3 Å². The van der Waals surface area contributed by atoms with Gasteiger partial charge in [0.05, 0.1) is 13.0 Å². The lowest BCUT2D eigenvalue weighted by Crippen LogP contribution is -2.53. The van der Waals surface area contributed by atoms with Crippen LogP contribution in [-0.4, -0.2) is 41.0 Å². The van der Waals surface area contributed by atoms with Crippen LogP contribution in [0.1, 0.15) is 40.0 Å². The molecule has 0 radical (unpaired) electrons. The minimum Gasteiger partial charge on any atom is -0.481 e. The second-order valence-electron chi connectivity index (χ2n) is 7.47. The topological polar surface area (TPSA) is 95.9 Å². The van der Waals surface area contributed by atoms with E-state index in [-0.39, 0.29) is 25.5 Å². The van der Waals surface area contributed by atoms with Gasteiger partial charge in [0.15, 0.2) is 0 Å². The number of allylic oxidation sites excluding steroid dienone is 1. The lowest BCUT2D eigenvalue weighted by atomic mass is 9.53. The predicted octanol–water partition coefficient (Wildman–Crippen LogP) is 1.93. The van der Waals surface area contributed by atoms with Crippen molar-refractivity contribution >= 4 is 12.1 Å². The third-order valence-electron chi connectivity index (χ3n) is 4.51. The van der Waals surface area contributed by atoms with Gasteiger partial charge in [0.1, 0.15) is 5.60 Å². The Balaban J connectivity index is 2.01. The van der Waals surface area contributed by atoms with E-state index in [0.29, 0.717) is 5.92 Å². The summed E-state index contributed by atoms with van der Waals surface area (Å²) < 4.78 is 5.21. The van der Waals surface area contributed by atoms with Crippen LogP contribution in [0.15, 0.2) is 11.6 Å². The second-order valence-corrected chi connectivity index (χ2v) is 7.47. The van der Waals surface area contributed by atoms with Crippen molar-refractivity contribution in [3.8, 4) is 0 Å². The van der Waals surface area contributed by atoms with Gasteiger partial charge in [-0.05, 0) is 51.0 Å². The van der Waals surface area contributed by atoms with Gasteiger partial charge in [-0.1, -0.05) is 6.08 Å². The van der Waals surface area contributed by atoms with Crippen LogP contribution in [0.25, 0.3) is 0 Å². The number of hydrogen-bond donors (Lipinski definition) is 3. The zero-order chi connectivity index (χ0) is 16.5. The first-order chi connectivity index (χ1) is 10.1. The molecule has 1 amide bonds. The Bertz CT molecular complexity index is 493. The second kappa shape index (κ2) is 5.91. The van der Waals surface area contributed by atoms with E-state index in [1.54, 1.807) is 20.8 Å². The summed E-state index contributed by atoms with van der Waals surface area (Å²) in [5.41, 5.74) is -0.0760. The number of hydrogen-bond acceptors (Lipinski definition) is 4. The van der Waals surface area contributed by atoms with E-state index < -0.39 is 23.1 Å². The zero-order valence-corrected chi connectivity index (χ0v) is 13.4. The van der Waals surface area contributed by atoms with Crippen molar-refractivity contribution in [2.45, 2.75) is 45.6 Å². The summed E-state index contributed by atoms with van der Waals surface area (Å²) in [6, 6.07) is 0. The monoisotopic (exact) mass is 311 g/mol. The number of amides is 1. The maximum Gasteiger partial charge on any atom is 0.407 e. The number of aliphatic hydroxyl groups is 1. The number of fused-ring (bicyclic) bond motifs is 1. The highest BCUT2D eigenvalue weighted by atomic mass is 16.6. The molecule has 0 unspecified atom stereocenters. The largest absolute Gasteiger partial charge is 0.481 e. The first-order valence-corrected chi connectivity index (χ1v) is 7.64. The van der Waals surface area contributed by atoms with Gasteiger partial charge >= 0.3 is 12.1 Å². The van der Waals surface area contributed by atoms with E-state index in [1.165, 1.54) is 0 Å². The first kappa shape index (κ1) is 16.8. The highest BCUT2D eigenvalue weighted by molar-refractivity contribution is 5.70. The molecule has 0 aromatic heterocycles. The van der Waals surface area contributed by atoms with Crippen LogP contribution >= 0.6 is 0 Å². The number of carbonyl (C=O) groups is 2. The summed E-state index contributed by atoms with van der Waals surface area (Å²) in [6.45, 7) is 5.66. The van der Waals surface area contributed by atoms with Crippen LogP contribution in [0.4, 0.5) is 4.79 Å². The number of carboxylic acid groups (broad SMARTS) is 1. The smallest absolute Gasteiger partial charge is 0.407 e. The minimum atomic E-state index is -0.865. The summed E-state index contributed by atoms with van der Waals surface area (Å²) in [7, 11) is 0. The maximum absolute atomic E-state index is 11.8. The van der Waals surface area contributed by atoms with E-state index >= 15 is 0 Å². The SMILES string of the molecule is CC(C)(C)OC(=O)NC[C@@]1(CC(=O)O)C[C@@H]2CC(CO)=C[C@@H]21. The average molecular weight is 311 g/mol. The van der Waals surface area contributed by atoms with Gasteiger partial charge in [-0.2, -0.15) is 0 Å². The molecule has 1 fully saturated rings. The fourth-order valence-corrected chi connectivity index (χ4v) is 3.72. The maximum atomic E-state index is 11.8. The first-order valence-electron chi connectivity index (χ1n) is 7.64. The quantitative estimate of drug-likeness (QED) is 0.674. The Morgan fingerprint density at radius 3 is 2.68 bits per heavy atom. The lowest BCUT2D eigenvalue weighted by Gasteiger charge is -2.51. The molecule has 0 saturated heterocycles. The van der Waals surface area contributed by atoms with Crippen LogP contribution in [0.5, 0.6) is 0 Å². The van der Waals surface area contributed by atoms with Crippen LogP contribution in [-0.2, 0) is 9.53 Å². The third kappa shape index (κ3) is 3.61. The van der Waals surface area contributed by atoms with Crippen LogP contribution in [0, 0.1) is 17.3 Å². The molecule has 6 nitrogen and oxygen atoms in total. The molecule has 124 valence electrons. The van der Waals surface area contributed by atoms with Gasteiger partial charge in [-0.25, -0.2) is 4.79 Å². The van der Waals surface area contributed by atoms with E-state index in [2.05, 4.69) is 5.32 Å². The van der Waals surface area contributed by atoms with E-state index in [4.69, 9.17) is 4.74 Å². The zero-order valence-electron chi connectivity index (χ0n) is 13.4. The van der Waals surface area contributed by atoms with Gasteiger partial charge in [0, 0.05) is 12.0 Å². The van der Waals surface area contributed by atoms with E-state index in [1.807, 2.05) is 6.08 Å². The molecular formula is C16H25NO5. The Labute approximate surface area is 130 Å². The molecule has 2 aliphatic rings. The fraction of sp³-hybridized carbons (Fsp3) is 0.750. The molecule has 6 heteroatoms. The third-order valence-corrected chi connectivity index (χ3v) is 4.51. The van der Waals surface area contributed by atoms with Gasteiger partial charge in [-0.3, -0.25) is 4.79 Å². The molecule has 0 spiro atoms. The summed E-state index contributed by atoms with van der Waals surface area (Å²) in [6.07, 6.45) is 3.06. The van der Waals surface area contributed by atoms with Gasteiger partial charge in [0.25, 0.3) is 0 Å². The molecule has 0 heterocycles. The molecule has 0 aromatic rings. The summed E-state index contributed by atoms with van der Waals surface area (Å²) in [5, 5.41) is 21.2. The standard InChI is InChI=1S/C16H25NO5/c1-15(2,3)22-14(21)17-9-16(7-13(19)20)6-11-4-10(8-18)5-12(11)16/h5,11-12,18H,4,6-9H2,1-3H3,(H,17,21)(H,19,20)/t11-,12-,16-/m0/s1. The molecule has 3 N–H and O–H groups in total. The van der Waals surface area contributed by atoms with Crippen LogP contribution in [0.3, 0.4) is 0 Å². The predicted molar refractivity (Wildman–Crippen MR) is 80.3 cm³/mol. The van der Waals surface area contributed by atoms with Crippen molar-refractivity contribution in [1.82, 2.24) is 5.32 Å². The Hall–Kier alpha value is -1.56. The Kier molecular flexibility index (Phi) is 4.52. The van der Waals surface area contributed by atoms with Crippen molar-refractivity contribution in [2.75, 3.05) is 13.2 Å². The summed E-state index contributed by atoms with van der Waals surface area (Å²) in [5.74, 6) is -0.363. The minimum absolute atomic E-state index is 0.0131. The molecule has 1 saturated carbocycles. The van der Waals surface area contributed by atoms with Gasteiger partial charge in [0.2, 0.25) is 0 Å². The fourth-order valence-electron chi connectivity index (χ4n) is 3.72. The molecule has 0 aromatic carbocycles. The molecular weight excluding hydrogens is 286 g/mol. The summed E-state index contributed by atoms with van der Waals surface area (Å²) >= 11 is 0. The molecule has 22 heavy (non-hydrogen) atoms. The molecule has 0 bridgehead atoms. The number of rotatable bonds is 5. The number of carboxylic acids is 1. The molecule has 2 rings (SSSR count). The number of aliphatic carboxylic acids is 1. The van der Waals surface area contributed by atoms with Crippen molar-refractivity contribution in [3.63, 3.8) is 0 Å². The summed E-state index contributed by atoms with van der Waals surface area (Å²) in [4.78, 5) is 23.0. The highest BCUT2D eigenvalue weighted by Crippen LogP contribution is 2.59. The van der Waals surface area contributed by atoms with Gasteiger partial charge < -0.3 is 20.3 Å². The Morgan fingerprint density at radius 1 is 1.45 bits per heavy atom. The molecule has 0 aliphatic heterocycles. The van der Waals surface area contributed by atoms with Crippen LogP contribution in [0.2, 0.25) is 0 Å². The van der Waals surface area contributed by atoms with Crippen molar-refractivity contribution in [1.29, 1.82) is 0 Å². The number of aliphatic hydroxyl groups excluding tert-OH is 1. The average Bonchev–Trinajstić information content (AvgIpc) is 2.70. The Morgan fingerprint density at radius 2 is 2.14 bits per heavy atom.